The van der Waals surface area contributed by atoms with Crippen molar-refractivity contribution in [1.29, 1.82) is 0 Å². The molecule has 0 saturated carbocycles. The molecule has 0 bridgehead atoms. The van der Waals surface area contributed by atoms with E-state index in [1.165, 1.54) is 0 Å². The van der Waals surface area contributed by atoms with Gasteiger partial charge in [0.1, 0.15) is 6.29 Å². The lowest BCUT2D eigenvalue weighted by Crippen LogP contribution is -2.33. The summed E-state index contributed by atoms with van der Waals surface area (Å²) in [5.74, 6) is 0.552. The van der Waals surface area contributed by atoms with Gasteiger partial charge in [0.25, 0.3) is 0 Å². The molecule has 0 aromatic heterocycles. The predicted octanol–water partition coefficient (Wildman–Crippen LogP) is 1.78. The van der Waals surface area contributed by atoms with Crippen LogP contribution in [0.1, 0.15) is 33.1 Å². The van der Waals surface area contributed by atoms with Gasteiger partial charge in [-0.2, -0.15) is 0 Å². The van der Waals surface area contributed by atoms with Gasteiger partial charge in [0.2, 0.25) is 0 Å². The Balaban J connectivity index is 2.39. The normalized spacial score (nSPS) is 29.8. The van der Waals surface area contributed by atoms with Crippen molar-refractivity contribution in [2.24, 2.45) is 5.92 Å². The van der Waals surface area contributed by atoms with Crippen molar-refractivity contribution in [1.82, 2.24) is 0 Å². The van der Waals surface area contributed by atoms with Gasteiger partial charge < -0.3 is 9.53 Å². The molecule has 1 rings (SSSR count). The topological polar surface area (TPSA) is 26.3 Å². The molecule has 2 nitrogen and oxygen atoms in total. The highest BCUT2D eigenvalue weighted by molar-refractivity contribution is 5.49. The molecular weight excluding hydrogens is 140 g/mol. The molecule has 0 unspecified atom stereocenters. The minimum absolute atomic E-state index is 0.00801. The molecule has 1 saturated heterocycles. The van der Waals surface area contributed by atoms with E-state index in [-0.39, 0.29) is 5.60 Å². The van der Waals surface area contributed by atoms with Crippen molar-refractivity contribution in [2.75, 3.05) is 6.61 Å². The van der Waals surface area contributed by atoms with Gasteiger partial charge in [-0.05, 0) is 32.6 Å². The third-order valence-electron chi connectivity index (χ3n) is 2.23. The minimum Gasteiger partial charge on any atom is -0.376 e. The van der Waals surface area contributed by atoms with E-state index >= 15 is 0 Å². The van der Waals surface area contributed by atoms with Crippen LogP contribution < -0.4 is 0 Å². The van der Waals surface area contributed by atoms with Crippen molar-refractivity contribution >= 4 is 6.29 Å². The van der Waals surface area contributed by atoms with E-state index in [4.69, 9.17) is 4.74 Å². The highest BCUT2D eigenvalue weighted by Gasteiger charge is 2.28. The van der Waals surface area contributed by atoms with E-state index in [2.05, 4.69) is 13.8 Å². The molecule has 0 radical (unpaired) electrons. The summed E-state index contributed by atoms with van der Waals surface area (Å²) < 4.78 is 5.53. The Morgan fingerprint density at radius 1 is 1.64 bits per heavy atom. The zero-order chi connectivity index (χ0) is 8.32. The first kappa shape index (κ1) is 8.72. The molecule has 2 heteroatoms. The lowest BCUT2D eigenvalue weighted by atomic mass is 9.87. The highest BCUT2D eigenvalue weighted by Crippen LogP contribution is 2.29. The highest BCUT2D eigenvalue weighted by atomic mass is 16.5. The number of hydrogen-bond acceptors (Lipinski definition) is 2. The van der Waals surface area contributed by atoms with Gasteiger partial charge in [0.05, 0.1) is 5.60 Å². The summed E-state index contributed by atoms with van der Waals surface area (Å²) in [6.07, 6.45) is 3.78. The molecule has 0 amide bonds. The summed E-state index contributed by atoms with van der Waals surface area (Å²) in [7, 11) is 0. The second-order valence-corrected chi connectivity index (χ2v) is 3.87. The maximum Gasteiger partial charge on any atom is 0.120 e. The Bertz CT molecular complexity index is 140. The third-order valence-corrected chi connectivity index (χ3v) is 2.23. The summed E-state index contributed by atoms with van der Waals surface area (Å²) in [5.41, 5.74) is -0.00801. The zero-order valence-electron chi connectivity index (χ0n) is 7.30. The lowest BCUT2D eigenvalue weighted by molar-refractivity contribution is -0.111. The smallest absolute Gasteiger partial charge is 0.120 e. The van der Waals surface area contributed by atoms with Crippen LogP contribution in [0.3, 0.4) is 0 Å². The first-order chi connectivity index (χ1) is 5.14. The Morgan fingerprint density at radius 3 is 2.91 bits per heavy atom. The van der Waals surface area contributed by atoms with Crippen LogP contribution >= 0.6 is 0 Å². The van der Waals surface area contributed by atoms with Crippen LogP contribution in [0, 0.1) is 5.92 Å². The molecule has 64 valence electrons. The van der Waals surface area contributed by atoms with E-state index in [1.807, 2.05) is 0 Å². The van der Waals surface area contributed by atoms with Gasteiger partial charge in [0.15, 0.2) is 0 Å². The molecule has 1 aliphatic rings. The molecular formula is C9H16O2. The SMILES string of the molecule is CC1(C)C[C@@H](CC=O)CCO1. The second-order valence-electron chi connectivity index (χ2n) is 3.87. The van der Waals surface area contributed by atoms with Crippen LogP contribution in [-0.2, 0) is 9.53 Å². The van der Waals surface area contributed by atoms with Gasteiger partial charge in [-0.15, -0.1) is 0 Å². The van der Waals surface area contributed by atoms with Crippen LogP contribution in [0.25, 0.3) is 0 Å². The van der Waals surface area contributed by atoms with Crippen LogP contribution in [0.2, 0.25) is 0 Å². The van der Waals surface area contributed by atoms with Crippen molar-refractivity contribution in [2.45, 2.75) is 38.7 Å². The van der Waals surface area contributed by atoms with Crippen LogP contribution in [0.5, 0.6) is 0 Å². The summed E-state index contributed by atoms with van der Waals surface area (Å²) >= 11 is 0. The standard InChI is InChI=1S/C9H16O2/c1-9(2)7-8(3-5-10)4-6-11-9/h5,8H,3-4,6-7H2,1-2H3/t8-/m0/s1. The first-order valence-corrected chi connectivity index (χ1v) is 4.22. The molecule has 0 aromatic carbocycles. The van der Waals surface area contributed by atoms with Crippen LogP contribution in [-0.4, -0.2) is 18.5 Å². The maximum atomic E-state index is 10.2. The predicted molar refractivity (Wildman–Crippen MR) is 43.4 cm³/mol. The van der Waals surface area contributed by atoms with Gasteiger partial charge in [0, 0.05) is 13.0 Å². The number of carbonyl (C=O) groups excluding carboxylic acids is 1. The fraction of sp³-hybridized carbons (Fsp3) is 0.889. The number of rotatable bonds is 2. The number of ether oxygens (including phenoxy) is 1. The number of aldehydes is 1. The molecule has 1 heterocycles. The fourth-order valence-electron chi connectivity index (χ4n) is 1.70. The van der Waals surface area contributed by atoms with Gasteiger partial charge >= 0.3 is 0 Å². The summed E-state index contributed by atoms with van der Waals surface area (Å²) in [4.78, 5) is 10.2. The quantitative estimate of drug-likeness (QED) is 0.570. The van der Waals surface area contributed by atoms with Gasteiger partial charge in [-0.25, -0.2) is 0 Å². The van der Waals surface area contributed by atoms with Crippen molar-refractivity contribution in [3.8, 4) is 0 Å². The van der Waals surface area contributed by atoms with E-state index in [0.29, 0.717) is 12.3 Å². The number of carbonyl (C=O) groups is 1. The van der Waals surface area contributed by atoms with E-state index < -0.39 is 0 Å². The summed E-state index contributed by atoms with van der Waals surface area (Å²) in [6.45, 7) is 4.99. The van der Waals surface area contributed by atoms with Gasteiger partial charge in [-0.1, -0.05) is 0 Å². The van der Waals surface area contributed by atoms with Crippen LogP contribution in [0.15, 0.2) is 0 Å². The first-order valence-electron chi connectivity index (χ1n) is 4.22. The van der Waals surface area contributed by atoms with Crippen LogP contribution in [0.4, 0.5) is 0 Å². The zero-order valence-corrected chi connectivity index (χ0v) is 7.30. The fourth-order valence-corrected chi connectivity index (χ4v) is 1.70. The largest absolute Gasteiger partial charge is 0.376 e. The molecule has 0 aromatic rings. The van der Waals surface area contributed by atoms with E-state index in [0.717, 1.165) is 25.7 Å². The Morgan fingerprint density at radius 2 is 2.36 bits per heavy atom. The Hall–Kier alpha value is -0.370. The molecule has 1 atom stereocenters. The van der Waals surface area contributed by atoms with E-state index in [9.17, 15) is 4.79 Å². The molecule has 11 heavy (non-hydrogen) atoms. The average molecular weight is 156 g/mol. The lowest BCUT2D eigenvalue weighted by Gasteiger charge is -2.34. The summed E-state index contributed by atoms with van der Waals surface area (Å²) in [5, 5.41) is 0. The van der Waals surface area contributed by atoms with Gasteiger partial charge in [-0.3, -0.25) is 0 Å². The monoisotopic (exact) mass is 156 g/mol. The summed E-state index contributed by atoms with van der Waals surface area (Å²) in [6, 6.07) is 0. The second kappa shape index (κ2) is 3.35. The number of hydrogen-bond donors (Lipinski definition) is 0. The molecule has 0 aliphatic carbocycles. The van der Waals surface area contributed by atoms with E-state index in [1.54, 1.807) is 0 Å². The molecule has 0 spiro atoms. The molecule has 0 N–H and O–H groups in total. The maximum absolute atomic E-state index is 10.2. The third kappa shape index (κ3) is 2.62. The van der Waals surface area contributed by atoms with Crippen molar-refractivity contribution in [3.63, 3.8) is 0 Å². The van der Waals surface area contributed by atoms with Crippen molar-refractivity contribution < 1.29 is 9.53 Å². The van der Waals surface area contributed by atoms with Crippen molar-refractivity contribution in [3.05, 3.63) is 0 Å². The Labute approximate surface area is 67.9 Å². The average Bonchev–Trinajstić information content (AvgIpc) is 1.85. The molecule has 1 aliphatic heterocycles. The molecule has 1 fully saturated rings. The minimum atomic E-state index is -0.00801. The Kier molecular flexibility index (Phi) is 2.66.